The normalized spacial score (nSPS) is 10.4. The van der Waals surface area contributed by atoms with Gasteiger partial charge in [-0.1, -0.05) is 18.2 Å². The van der Waals surface area contributed by atoms with Crippen molar-refractivity contribution >= 4 is 23.5 Å². The molecule has 0 unspecified atom stereocenters. The van der Waals surface area contributed by atoms with Gasteiger partial charge in [-0.2, -0.15) is 0 Å². The van der Waals surface area contributed by atoms with E-state index in [4.69, 9.17) is 17.4 Å². The van der Waals surface area contributed by atoms with Crippen LogP contribution >= 0.6 is 0 Å². The van der Waals surface area contributed by atoms with Crippen LogP contribution in [-0.4, -0.2) is 11.8 Å². The molecular formula is C9H10NNaOS. The van der Waals surface area contributed by atoms with Gasteiger partial charge in [0.15, 0.2) is 0 Å². The fourth-order valence-electron chi connectivity index (χ4n) is 0.764. The topological polar surface area (TPSA) is 21.6 Å². The van der Waals surface area contributed by atoms with Gasteiger partial charge < -0.3 is 17.4 Å². The van der Waals surface area contributed by atoms with Gasteiger partial charge in [0.2, 0.25) is 0 Å². The molecular weight excluding hydrogens is 193 g/mol. The Morgan fingerprint density at radius 3 is 2.54 bits per heavy atom. The molecule has 0 amide bonds. The smallest absolute Gasteiger partial charge is 0.722 e. The number of hydrogen-bond acceptors (Lipinski definition) is 3. The second-order valence-electron chi connectivity index (χ2n) is 2.15. The van der Waals surface area contributed by atoms with Crippen LogP contribution in [0.4, 0.5) is 5.69 Å². The molecule has 0 radical (unpaired) electrons. The summed E-state index contributed by atoms with van der Waals surface area (Å²) in [6.45, 7) is 2.45. The van der Waals surface area contributed by atoms with E-state index in [9.17, 15) is 0 Å². The van der Waals surface area contributed by atoms with Crippen LogP contribution in [0.3, 0.4) is 0 Å². The van der Waals surface area contributed by atoms with E-state index in [0.717, 1.165) is 5.69 Å². The van der Waals surface area contributed by atoms with Crippen molar-refractivity contribution in [3.8, 4) is 0 Å². The Morgan fingerprint density at radius 2 is 2.00 bits per heavy atom. The van der Waals surface area contributed by atoms with E-state index in [1.54, 1.807) is 0 Å². The minimum Gasteiger partial charge on any atom is -0.722 e. The van der Waals surface area contributed by atoms with Crippen molar-refractivity contribution in [1.82, 2.24) is 0 Å². The van der Waals surface area contributed by atoms with Gasteiger partial charge in [-0.3, -0.25) is 0 Å². The predicted octanol–water partition coefficient (Wildman–Crippen LogP) is -0.738. The Morgan fingerprint density at radius 1 is 1.38 bits per heavy atom. The minimum absolute atomic E-state index is 0. The van der Waals surface area contributed by atoms with E-state index in [1.165, 1.54) is 0 Å². The maximum Gasteiger partial charge on any atom is 1.00 e. The van der Waals surface area contributed by atoms with Crippen LogP contribution in [0, 0.1) is 0 Å². The molecule has 2 nitrogen and oxygen atoms in total. The summed E-state index contributed by atoms with van der Waals surface area (Å²) in [4.78, 5) is 4.06. The largest absolute Gasteiger partial charge is 1.00 e. The van der Waals surface area contributed by atoms with Crippen molar-refractivity contribution in [3.63, 3.8) is 0 Å². The molecule has 0 heterocycles. The van der Waals surface area contributed by atoms with Crippen molar-refractivity contribution < 1.29 is 34.3 Å². The zero-order valence-corrected chi connectivity index (χ0v) is 10.7. The zero-order valence-electron chi connectivity index (χ0n) is 7.86. The van der Waals surface area contributed by atoms with Gasteiger partial charge in [-0.25, -0.2) is 4.99 Å². The first-order chi connectivity index (χ1) is 5.83. The third kappa shape index (κ3) is 5.26. The molecule has 0 fully saturated rings. The first-order valence-corrected chi connectivity index (χ1v) is 4.17. The number of rotatable bonds is 2. The van der Waals surface area contributed by atoms with E-state index >= 15 is 0 Å². The molecule has 1 aromatic carbocycles. The summed E-state index contributed by atoms with van der Waals surface area (Å²) in [5.41, 5.74) is 0.830. The molecule has 0 bridgehead atoms. The van der Waals surface area contributed by atoms with Gasteiger partial charge in [0.25, 0.3) is 0 Å². The number of para-hydroxylation sites is 1. The Labute approximate surface area is 106 Å². The molecule has 64 valence electrons. The predicted molar refractivity (Wildman–Crippen MR) is 52.5 cm³/mol. The zero-order chi connectivity index (χ0) is 8.81. The number of benzene rings is 1. The number of ether oxygens (including phenoxy) is 1. The summed E-state index contributed by atoms with van der Waals surface area (Å²) in [6, 6.07) is 9.51. The summed E-state index contributed by atoms with van der Waals surface area (Å²) in [5.74, 6) is 0. The average molecular weight is 203 g/mol. The molecule has 0 N–H and O–H groups in total. The van der Waals surface area contributed by atoms with Gasteiger partial charge in [-0.15, -0.1) is 0 Å². The molecule has 0 saturated carbocycles. The van der Waals surface area contributed by atoms with Crippen LogP contribution in [0.1, 0.15) is 6.92 Å². The Balaban J connectivity index is 0.00000144. The molecule has 0 aliphatic carbocycles. The number of hydrogen-bond donors (Lipinski definition) is 0. The molecule has 13 heavy (non-hydrogen) atoms. The standard InChI is InChI=1S/C9H11NOS.Na/c1-2-11-9(12)10-8-6-4-3-5-7-8;/h3-7H,2H2,1H3,(H,10,12);/q;+1/p-1. The van der Waals surface area contributed by atoms with Gasteiger partial charge in [0.1, 0.15) is 0 Å². The molecule has 4 heteroatoms. The first-order valence-electron chi connectivity index (χ1n) is 3.76. The molecule has 0 saturated heterocycles. The Hall–Kier alpha value is -0.0900. The number of nitrogens with zero attached hydrogens (tertiary/aromatic N) is 1. The molecule has 0 aliphatic rings. The second kappa shape index (κ2) is 7.33. The Kier molecular flexibility index (Phi) is 7.28. The van der Waals surface area contributed by atoms with E-state index < -0.39 is 0 Å². The summed E-state index contributed by atoms with van der Waals surface area (Å²) in [5, 5.41) is 0.295. The average Bonchev–Trinajstić information content (AvgIpc) is 2.06. The van der Waals surface area contributed by atoms with E-state index in [0.29, 0.717) is 11.8 Å². The summed E-state index contributed by atoms with van der Waals surface area (Å²) in [7, 11) is 0. The van der Waals surface area contributed by atoms with Crippen LogP contribution in [0.5, 0.6) is 0 Å². The summed E-state index contributed by atoms with van der Waals surface area (Å²) < 4.78 is 5.01. The van der Waals surface area contributed by atoms with Crippen molar-refractivity contribution in [2.75, 3.05) is 6.61 Å². The molecule has 0 aromatic heterocycles. The van der Waals surface area contributed by atoms with Gasteiger partial charge >= 0.3 is 29.6 Å². The van der Waals surface area contributed by atoms with Crippen LogP contribution in [0.15, 0.2) is 35.3 Å². The summed E-state index contributed by atoms with van der Waals surface area (Å²) in [6.07, 6.45) is 0. The molecule has 0 spiro atoms. The SMILES string of the molecule is CCOC([S-])=Nc1ccccc1.[Na+]. The Bertz CT molecular complexity index is 264. The van der Waals surface area contributed by atoms with Crippen LogP contribution < -0.4 is 29.6 Å². The summed E-state index contributed by atoms with van der Waals surface area (Å²) >= 11 is 4.85. The minimum atomic E-state index is 0. The van der Waals surface area contributed by atoms with Crippen molar-refractivity contribution in [3.05, 3.63) is 30.3 Å². The fraction of sp³-hybridized carbons (Fsp3) is 0.222. The maximum atomic E-state index is 5.01. The monoisotopic (exact) mass is 203 g/mol. The molecule has 1 rings (SSSR count). The van der Waals surface area contributed by atoms with Crippen LogP contribution in [0.25, 0.3) is 0 Å². The van der Waals surface area contributed by atoms with Crippen LogP contribution in [0.2, 0.25) is 0 Å². The second-order valence-corrected chi connectivity index (χ2v) is 2.50. The van der Waals surface area contributed by atoms with Crippen LogP contribution in [-0.2, 0) is 17.4 Å². The van der Waals surface area contributed by atoms with Crippen molar-refractivity contribution in [1.29, 1.82) is 0 Å². The van der Waals surface area contributed by atoms with Crippen molar-refractivity contribution in [2.24, 2.45) is 4.99 Å². The maximum absolute atomic E-state index is 5.01. The third-order valence-corrected chi connectivity index (χ3v) is 1.45. The van der Waals surface area contributed by atoms with E-state index in [1.807, 2.05) is 37.3 Å². The van der Waals surface area contributed by atoms with Gasteiger partial charge in [0, 0.05) is 0 Å². The third-order valence-electron chi connectivity index (χ3n) is 1.24. The van der Waals surface area contributed by atoms with Gasteiger partial charge in [-0.05, 0) is 19.1 Å². The van der Waals surface area contributed by atoms with Crippen molar-refractivity contribution in [2.45, 2.75) is 6.92 Å². The molecule has 0 aliphatic heterocycles. The first kappa shape index (κ1) is 12.9. The van der Waals surface area contributed by atoms with Gasteiger partial charge in [0.05, 0.1) is 17.5 Å². The number of aliphatic imine (C=N–C) groups is 1. The fourth-order valence-corrected chi connectivity index (χ4v) is 0.987. The van der Waals surface area contributed by atoms with E-state index in [-0.39, 0.29) is 29.6 Å². The molecule has 0 atom stereocenters. The quantitative estimate of drug-likeness (QED) is 0.273. The van der Waals surface area contributed by atoms with E-state index in [2.05, 4.69) is 4.99 Å². The molecule has 1 aromatic rings.